The molecule has 4 atom stereocenters. The van der Waals surface area contributed by atoms with Gasteiger partial charge in [0.1, 0.15) is 17.7 Å². The Balaban J connectivity index is 1.01. The number of alkyl carbamates (subject to hydrolysis) is 1. The molecule has 7 rings (SSSR count). The Morgan fingerprint density at radius 1 is 0.839 bits per heavy atom. The van der Waals surface area contributed by atoms with Crippen molar-refractivity contribution in [1.29, 1.82) is 0 Å². The molecule has 0 radical (unpaired) electrons. The maximum Gasteiger partial charge on any atom is 0.408 e. The first-order valence-electron chi connectivity index (χ1n) is 18.1. The van der Waals surface area contributed by atoms with Gasteiger partial charge in [-0.15, -0.1) is 11.8 Å². The molecule has 2 aliphatic heterocycles. The first kappa shape index (κ1) is 38.4. The molecule has 0 saturated carbocycles. The van der Waals surface area contributed by atoms with Crippen LogP contribution in [0.4, 0.5) is 4.79 Å². The number of likely N-dealkylation sites (tertiary alicyclic amines) is 1. The quantitative estimate of drug-likeness (QED) is 0.0849. The van der Waals surface area contributed by atoms with Gasteiger partial charge >= 0.3 is 12.1 Å². The van der Waals surface area contributed by atoms with Gasteiger partial charge in [0.2, 0.25) is 5.91 Å². The van der Waals surface area contributed by atoms with E-state index in [0.717, 1.165) is 43.8 Å². The van der Waals surface area contributed by atoms with Gasteiger partial charge in [0.15, 0.2) is 6.29 Å². The number of aromatic nitrogens is 1. The lowest BCUT2D eigenvalue weighted by Gasteiger charge is -2.36. The Morgan fingerprint density at radius 2 is 1.59 bits per heavy atom. The van der Waals surface area contributed by atoms with E-state index in [1.165, 1.54) is 17.8 Å². The number of aliphatic hydroxyl groups is 1. The largest absolute Gasteiger partial charge is 0.478 e. The zero-order chi connectivity index (χ0) is 39.0. The van der Waals surface area contributed by atoms with E-state index >= 15 is 0 Å². The van der Waals surface area contributed by atoms with E-state index < -0.39 is 30.3 Å². The number of carboxylic acid groups (broad SMARTS) is 1. The zero-order valence-electron chi connectivity index (χ0n) is 30.2. The van der Waals surface area contributed by atoms with Crippen LogP contribution in [0.5, 0.6) is 0 Å². The molecule has 2 saturated heterocycles. The second kappa shape index (κ2) is 17.7. The summed E-state index contributed by atoms with van der Waals surface area (Å²) < 4.78 is 18.2. The van der Waals surface area contributed by atoms with Crippen LogP contribution in [-0.4, -0.2) is 61.9 Å². The number of aromatic carboxylic acids is 1. The summed E-state index contributed by atoms with van der Waals surface area (Å²) >= 11 is 1.32. The number of aliphatic hydroxyl groups excluding tert-OH is 1. The maximum absolute atomic E-state index is 13.2. The molecule has 0 spiro atoms. The molecule has 1 aromatic heterocycles. The highest BCUT2D eigenvalue weighted by Gasteiger charge is 2.40. The van der Waals surface area contributed by atoms with Crippen molar-refractivity contribution in [2.75, 3.05) is 5.75 Å². The first-order chi connectivity index (χ1) is 27.2. The number of amides is 3. The number of ether oxygens (including phenoxy) is 3. The van der Waals surface area contributed by atoms with Crippen molar-refractivity contribution in [3.8, 4) is 11.1 Å². The second-order valence-electron chi connectivity index (χ2n) is 13.4. The number of imide groups is 1. The van der Waals surface area contributed by atoms with Crippen molar-refractivity contribution >= 4 is 35.6 Å². The number of thioether (sulfide) groups is 1. The average Bonchev–Trinajstić information content (AvgIpc) is 3.49. The highest BCUT2D eigenvalue weighted by molar-refractivity contribution is 7.99. The van der Waals surface area contributed by atoms with Gasteiger partial charge < -0.3 is 29.7 Å². The van der Waals surface area contributed by atoms with E-state index in [2.05, 4.69) is 10.3 Å². The molecule has 2 aliphatic rings. The van der Waals surface area contributed by atoms with Gasteiger partial charge in [-0.2, -0.15) is 0 Å². The Hall–Kier alpha value is -5.86. The molecule has 13 heteroatoms. The van der Waals surface area contributed by atoms with E-state index in [1.54, 1.807) is 12.3 Å². The predicted octanol–water partition coefficient (Wildman–Crippen LogP) is 6.83. The van der Waals surface area contributed by atoms with Gasteiger partial charge in [-0.1, -0.05) is 97.1 Å². The fourth-order valence-corrected chi connectivity index (χ4v) is 7.60. The number of carbonyl (C=O) groups is 4. The molecule has 2 fully saturated rings. The summed E-state index contributed by atoms with van der Waals surface area (Å²) in [5.74, 6) is -1.47. The SMILES string of the molecule is O=C(NC1CC(=O)N(Cc2cccc(-c3ccc([C@H]4O[C@@H](CSc5ncccc5C(=O)O)C[C@@H](c5ccc(CO)cc5)O4)cc3)c2)C1=O)OCc1ccccc1. The van der Waals surface area contributed by atoms with Gasteiger partial charge in [0.05, 0.1) is 37.3 Å². The molecule has 0 aliphatic carbocycles. The van der Waals surface area contributed by atoms with Gasteiger partial charge in [-0.25, -0.2) is 14.6 Å². The number of hydrogen-bond donors (Lipinski definition) is 3. The minimum absolute atomic E-state index is 0.0456. The summed E-state index contributed by atoms with van der Waals surface area (Å²) in [5.41, 5.74) is 5.96. The number of carbonyl (C=O) groups excluding carboxylic acids is 3. The van der Waals surface area contributed by atoms with Crippen LogP contribution in [0.15, 0.2) is 126 Å². The van der Waals surface area contributed by atoms with Crippen LogP contribution in [0.2, 0.25) is 0 Å². The minimum atomic E-state index is -1.04. The fourth-order valence-electron chi connectivity index (χ4n) is 6.60. The number of nitrogens with zero attached hydrogens (tertiary/aromatic N) is 2. The normalized spacial score (nSPS) is 19.5. The Kier molecular flexibility index (Phi) is 12.2. The second-order valence-corrected chi connectivity index (χ2v) is 14.4. The molecule has 4 aromatic carbocycles. The average molecular weight is 774 g/mol. The minimum Gasteiger partial charge on any atom is -0.478 e. The lowest BCUT2D eigenvalue weighted by molar-refractivity contribution is -0.245. The van der Waals surface area contributed by atoms with Crippen LogP contribution in [0.25, 0.3) is 11.1 Å². The van der Waals surface area contributed by atoms with Crippen molar-refractivity contribution in [3.05, 3.63) is 155 Å². The van der Waals surface area contributed by atoms with Gasteiger partial charge in [-0.3, -0.25) is 14.5 Å². The lowest BCUT2D eigenvalue weighted by Crippen LogP contribution is -2.41. The molecule has 3 N–H and O–H groups in total. The number of hydrogen-bond acceptors (Lipinski definition) is 10. The number of rotatable bonds is 13. The van der Waals surface area contributed by atoms with Crippen molar-refractivity contribution in [2.24, 2.45) is 0 Å². The molecule has 5 aromatic rings. The van der Waals surface area contributed by atoms with E-state index in [1.807, 2.05) is 103 Å². The third kappa shape index (κ3) is 9.32. The molecule has 3 amide bonds. The summed E-state index contributed by atoms with van der Waals surface area (Å²) in [5, 5.41) is 22.1. The predicted molar refractivity (Wildman–Crippen MR) is 206 cm³/mol. The van der Waals surface area contributed by atoms with Crippen molar-refractivity contribution in [2.45, 2.75) is 62.2 Å². The highest BCUT2D eigenvalue weighted by Crippen LogP contribution is 2.40. The summed E-state index contributed by atoms with van der Waals surface area (Å²) in [6, 6.07) is 34.2. The third-order valence-electron chi connectivity index (χ3n) is 9.56. The number of benzene rings is 4. The van der Waals surface area contributed by atoms with Gasteiger partial charge in [-0.05, 0) is 51.6 Å². The number of pyridine rings is 1. The molecule has 286 valence electrons. The lowest BCUT2D eigenvalue weighted by atomic mass is 9.99. The summed E-state index contributed by atoms with van der Waals surface area (Å²) in [6.45, 7) is 0.0313. The Morgan fingerprint density at radius 3 is 2.34 bits per heavy atom. The van der Waals surface area contributed by atoms with Crippen LogP contribution in [0, 0.1) is 0 Å². The van der Waals surface area contributed by atoms with Crippen LogP contribution in [0.1, 0.15) is 63.4 Å². The molecular weight excluding hydrogens is 735 g/mol. The summed E-state index contributed by atoms with van der Waals surface area (Å²) in [4.78, 5) is 55.6. The summed E-state index contributed by atoms with van der Waals surface area (Å²) in [7, 11) is 0. The van der Waals surface area contributed by atoms with Gasteiger partial charge in [0.25, 0.3) is 5.91 Å². The maximum atomic E-state index is 13.2. The molecular formula is C43H39N3O9S. The third-order valence-corrected chi connectivity index (χ3v) is 10.7. The fraction of sp³-hybridized carbons (Fsp3) is 0.233. The molecule has 56 heavy (non-hydrogen) atoms. The smallest absolute Gasteiger partial charge is 0.408 e. The van der Waals surface area contributed by atoms with Crippen LogP contribution in [0.3, 0.4) is 0 Å². The van der Waals surface area contributed by atoms with E-state index in [9.17, 15) is 29.4 Å². The van der Waals surface area contributed by atoms with Crippen LogP contribution >= 0.6 is 11.8 Å². The standard InChI is InChI=1S/C43H39N3O9S/c47-24-27-11-13-31(14-12-27)37-21-34(26-56-39-35(41(50)51)10-5-19-44-39)54-42(55-37)32-17-15-30(16-18-32)33-9-4-8-29(20-33)23-46-38(48)22-36(40(46)49)45-43(52)53-25-28-6-2-1-3-7-28/h1-20,34,36-37,42,47H,21-26H2,(H,45,52)(H,50,51)/t34-,36?,37+,42+/m1/s1. The van der Waals surface area contributed by atoms with E-state index in [0.29, 0.717) is 17.2 Å². The Bertz CT molecular complexity index is 2180. The van der Waals surface area contributed by atoms with Gasteiger partial charge in [0, 0.05) is 23.9 Å². The van der Waals surface area contributed by atoms with Crippen molar-refractivity contribution < 1.29 is 43.6 Å². The number of carboxylic acids is 1. The van der Waals surface area contributed by atoms with Crippen molar-refractivity contribution in [3.63, 3.8) is 0 Å². The number of nitrogens with one attached hydrogen (secondary N) is 1. The van der Waals surface area contributed by atoms with Crippen LogP contribution < -0.4 is 5.32 Å². The Labute approximate surface area is 327 Å². The summed E-state index contributed by atoms with van der Waals surface area (Å²) in [6.07, 6.45) is -0.158. The highest BCUT2D eigenvalue weighted by atomic mass is 32.2. The topological polar surface area (TPSA) is 165 Å². The molecule has 0 bridgehead atoms. The molecule has 12 nitrogen and oxygen atoms in total. The molecule has 3 heterocycles. The van der Waals surface area contributed by atoms with E-state index in [-0.39, 0.29) is 49.9 Å². The zero-order valence-corrected chi connectivity index (χ0v) is 31.0. The van der Waals surface area contributed by atoms with Crippen LogP contribution in [-0.2, 0) is 43.6 Å². The first-order valence-corrected chi connectivity index (χ1v) is 19.0. The van der Waals surface area contributed by atoms with Crippen molar-refractivity contribution in [1.82, 2.24) is 15.2 Å². The molecule has 1 unspecified atom stereocenters. The monoisotopic (exact) mass is 773 g/mol. The van der Waals surface area contributed by atoms with E-state index in [4.69, 9.17) is 14.2 Å².